The lowest BCUT2D eigenvalue weighted by molar-refractivity contribution is -0.240. The SMILES string of the molecule is OCCNCCNCCOO. The van der Waals surface area contributed by atoms with Crippen LogP contribution in [-0.2, 0) is 4.89 Å². The van der Waals surface area contributed by atoms with E-state index in [9.17, 15) is 0 Å². The van der Waals surface area contributed by atoms with Crippen LogP contribution in [0.1, 0.15) is 0 Å². The molecule has 0 aliphatic rings. The Hall–Kier alpha value is -0.200. The Balaban J connectivity index is 2.69. The molecule has 0 rings (SSSR count). The Bertz CT molecular complexity index is 64.8. The predicted molar refractivity (Wildman–Crippen MR) is 41.4 cm³/mol. The molecule has 0 bridgehead atoms. The first-order valence-electron chi connectivity index (χ1n) is 3.70. The second-order valence-corrected chi connectivity index (χ2v) is 2.06. The molecule has 0 aliphatic carbocycles. The molecule has 0 aromatic carbocycles. The molecule has 0 atom stereocenters. The molecule has 4 N–H and O–H groups in total. The molecule has 0 heterocycles. The Morgan fingerprint density at radius 3 is 2.18 bits per heavy atom. The van der Waals surface area contributed by atoms with Crippen LogP contribution in [0.4, 0.5) is 0 Å². The molecule has 68 valence electrons. The highest BCUT2D eigenvalue weighted by molar-refractivity contribution is 4.50. The number of aliphatic hydroxyl groups excluding tert-OH is 1. The van der Waals surface area contributed by atoms with E-state index in [1.807, 2.05) is 0 Å². The summed E-state index contributed by atoms with van der Waals surface area (Å²) in [6.07, 6.45) is 0. The van der Waals surface area contributed by atoms with Crippen LogP contribution >= 0.6 is 0 Å². The summed E-state index contributed by atoms with van der Waals surface area (Å²) >= 11 is 0. The van der Waals surface area contributed by atoms with Crippen molar-refractivity contribution in [1.29, 1.82) is 0 Å². The second kappa shape index (κ2) is 9.80. The minimum Gasteiger partial charge on any atom is -0.395 e. The van der Waals surface area contributed by atoms with Crippen molar-refractivity contribution < 1.29 is 15.3 Å². The topological polar surface area (TPSA) is 73.8 Å². The zero-order valence-electron chi connectivity index (χ0n) is 6.55. The molecular formula is C6H16N2O3. The highest BCUT2D eigenvalue weighted by atomic mass is 17.1. The molecule has 0 saturated heterocycles. The number of nitrogens with one attached hydrogen (secondary N) is 2. The third-order valence-corrected chi connectivity index (χ3v) is 1.14. The van der Waals surface area contributed by atoms with Gasteiger partial charge in [-0.15, -0.1) is 0 Å². The van der Waals surface area contributed by atoms with Gasteiger partial charge in [-0.05, 0) is 0 Å². The van der Waals surface area contributed by atoms with Crippen molar-refractivity contribution in [2.75, 3.05) is 39.4 Å². The van der Waals surface area contributed by atoms with E-state index >= 15 is 0 Å². The quantitative estimate of drug-likeness (QED) is 0.203. The Morgan fingerprint density at radius 2 is 1.64 bits per heavy atom. The van der Waals surface area contributed by atoms with E-state index in [1.54, 1.807) is 0 Å². The van der Waals surface area contributed by atoms with Crippen LogP contribution in [0.15, 0.2) is 0 Å². The maximum atomic E-state index is 8.37. The fourth-order valence-electron chi connectivity index (χ4n) is 0.624. The maximum absolute atomic E-state index is 8.37. The average molecular weight is 164 g/mol. The molecule has 0 aromatic heterocycles. The molecule has 0 amide bonds. The summed E-state index contributed by atoms with van der Waals surface area (Å²) in [5, 5.41) is 22.3. The van der Waals surface area contributed by atoms with Crippen LogP contribution in [0.2, 0.25) is 0 Å². The molecule has 0 aliphatic heterocycles. The normalized spacial score (nSPS) is 10.4. The Labute approximate surface area is 66.3 Å². The van der Waals surface area contributed by atoms with Crippen LogP contribution in [0.3, 0.4) is 0 Å². The highest BCUT2D eigenvalue weighted by Gasteiger charge is 1.86. The molecule has 0 aromatic rings. The van der Waals surface area contributed by atoms with Gasteiger partial charge in [0.25, 0.3) is 0 Å². The van der Waals surface area contributed by atoms with Gasteiger partial charge >= 0.3 is 0 Å². The van der Waals surface area contributed by atoms with Gasteiger partial charge in [0.1, 0.15) is 0 Å². The molecule has 0 fully saturated rings. The summed E-state index contributed by atoms with van der Waals surface area (Å²) in [5.41, 5.74) is 0. The van der Waals surface area contributed by atoms with Gasteiger partial charge in [-0.3, -0.25) is 5.26 Å². The fraction of sp³-hybridized carbons (Fsp3) is 1.00. The van der Waals surface area contributed by atoms with E-state index < -0.39 is 0 Å². The van der Waals surface area contributed by atoms with Crippen LogP contribution in [0.5, 0.6) is 0 Å². The Kier molecular flexibility index (Phi) is 9.62. The fourth-order valence-corrected chi connectivity index (χ4v) is 0.624. The predicted octanol–water partition coefficient (Wildman–Crippen LogP) is -1.35. The van der Waals surface area contributed by atoms with Gasteiger partial charge in [0, 0.05) is 26.2 Å². The third-order valence-electron chi connectivity index (χ3n) is 1.14. The summed E-state index contributed by atoms with van der Waals surface area (Å²) in [6.45, 7) is 3.35. The third kappa shape index (κ3) is 9.80. The highest BCUT2D eigenvalue weighted by Crippen LogP contribution is 1.63. The summed E-state index contributed by atoms with van der Waals surface area (Å²) in [6, 6.07) is 0. The Morgan fingerprint density at radius 1 is 1.00 bits per heavy atom. The molecule has 11 heavy (non-hydrogen) atoms. The van der Waals surface area contributed by atoms with Crippen molar-refractivity contribution in [3.8, 4) is 0 Å². The van der Waals surface area contributed by atoms with Crippen LogP contribution in [-0.4, -0.2) is 49.8 Å². The van der Waals surface area contributed by atoms with Crippen molar-refractivity contribution in [3.63, 3.8) is 0 Å². The summed E-state index contributed by atoms with van der Waals surface area (Å²) in [7, 11) is 0. The lowest BCUT2D eigenvalue weighted by Gasteiger charge is -2.03. The van der Waals surface area contributed by atoms with Crippen molar-refractivity contribution in [2.24, 2.45) is 0 Å². The first-order valence-corrected chi connectivity index (χ1v) is 3.70. The van der Waals surface area contributed by atoms with E-state index in [1.165, 1.54) is 0 Å². The first-order chi connectivity index (χ1) is 5.41. The summed E-state index contributed by atoms with van der Waals surface area (Å²) in [5.74, 6) is 0. The number of aliphatic hydroxyl groups is 1. The van der Waals surface area contributed by atoms with E-state index in [2.05, 4.69) is 15.5 Å². The zero-order chi connectivity index (χ0) is 8.36. The average Bonchev–Trinajstić information content (AvgIpc) is 2.03. The van der Waals surface area contributed by atoms with Gasteiger partial charge < -0.3 is 15.7 Å². The van der Waals surface area contributed by atoms with Crippen molar-refractivity contribution in [1.82, 2.24) is 10.6 Å². The van der Waals surface area contributed by atoms with E-state index in [0.29, 0.717) is 19.7 Å². The second-order valence-electron chi connectivity index (χ2n) is 2.06. The summed E-state index contributed by atoms with van der Waals surface area (Å²) in [4.78, 5) is 3.85. The number of hydrogen-bond donors (Lipinski definition) is 4. The molecular weight excluding hydrogens is 148 g/mol. The van der Waals surface area contributed by atoms with E-state index in [4.69, 9.17) is 10.4 Å². The van der Waals surface area contributed by atoms with E-state index in [-0.39, 0.29) is 6.61 Å². The molecule has 0 saturated carbocycles. The van der Waals surface area contributed by atoms with Gasteiger partial charge in [-0.2, -0.15) is 0 Å². The molecule has 0 spiro atoms. The lowest BCUT2D eigenvalue weighted by atomic mass is 10.5. The molecule has 0 radical (unpaired) electrons. The van der Waals surface area contributed by atoms with Crippen LogP contribution in [0.25, 0.3) is 0 Å². The van der Waals surface area contributed by atoms with Crippen molar-refractivity contribution in [2.45, 2.75) is 0 Å². The molecule has 5 heteroatoms. The minimum atomic E-state index is 0.166. The maximum Gasteiger partial charge on any atom is 0.0944 e. The van der Waals surface area contributed by atoms with Gasteiger partial charge in [-0.1, -0.05) is 0 Å². The van der Waals surface area contributed by atoms with Gasteiger partial charge in [-0.25, -0.2) is 4.89 Å². The van der Waals surface area contributed by atoms with Crippen molar-refractivity contribution in [3.05, 3.63) is 0 Å². The van der Waals surface area contributed by atoms with Crippen molar-refractivity contribution >= 4 is 0 Å². The monoisotopic (exact) mass is 164 g/mol. The standard InChI is InChI=1S/C6H16N2O3/c9-5-3-7-1-2-8-4-6-11-10/h7-10H,1-6H2. The van der Waals surface area contributed by atoms with Gasteiger partial charge in [0.15, 0.2) is 0 Å². The molecule has 5 nitrogen and oxygen atoms in total. The van der Waals surface area contributed by atoms with Gasteiger partial charge in [0.05, 0.1) is 13.2 Å². The minimum absolute atomic E-state index is 0.166. The van der Waals surface area contributed by atoms with Crippen LogP contribution < -0.4 is 10.6 Å². The smallest absolute Gasteiger partial charge is 0.0944 e. The van der Waals surface area contributed by atoms with Crippen LogP contribution in [0, 0.1) is 0 Å². The van der Waals surface area contributed by atoms with E-state index in [0.717, 1.165) is 13.1 Å². The number of hydrogen-bond acceptors (Lipinski definition) is 5. The van der Waals surface area contributed by atoms with Gasteiger partial charge in [0.2, 0.25) is 0 Å². The summed E-state index contributed by atoms with van der Waals surface area (Å²) < 4.78 is 0. The largest absolute Gasteiger partial charge is 0.395 e. The molecule has 0 unspecified atom stereocenters. The lowest BCUT2D eigenvalue weighted by Crippen LogP contribution is -2.30. The number of rotatable bonds is 8. The first kappa shape index (κ1) is 10.8. The zero-order valence-corrected chi connectivity index (χ0v) is 6.55.